The minimum atomic E-state index is -0.839. The van der Waals surface area contributed by atoms with Gasteiger partial charge in [-0.25, -0.2) is 4.79 Å². The number of nitrogens with zero attached hydrogens (tertiary/aromatic N) is 1. The van der Waals surface area contributed by atoms with Crippen LogP contribution in [0.15, 0.2) is 0 Å². The van der Waals surface area contributed by atoms with Gasteiger partial charge < -0.3 is 14.8 Å². The predicted molar refractivity (Wildman–Crippen MR) is 55.7 cm³/mol. The molecule has 1 heterocycles. The van der Waals surface area contributed by atoms with Crippen LogP contribution >= 0.6 is 15.9 Å². The molecule has 1 aliphatic rings. The Morgan fingerprint density at radius 1 is 1.57 bits per heavy atom. The van der Waals surface area contributed by atoms with Gasteiger partial charge in [-0.2, -0.15) is 0 Å². The Labute approximate surface area is 91.4 Å². The number of carbonyl (C=O) groups is 2. The summed E-state index contributed by atoms with van der Waals surface area (Å²) >= 11 is 3.26. The Bertz CT molecular complexity index is 214. The molecule has 0 saturated carbocycles. The van der Waals surface area contributed by atoms with Crippen LogP contribution in [0.3, 0.4) is 0 Å². The van der Waals surface area contributed by atoms with E-state index in [-0.39, 0.29) is 4.83 Å². The van der Waals surface area contributed by atoms with Gasteiger partial charge in [0.15, 0.2) is 0 Å². The minimum absolute atomic E-state index is 0.0797. The maximum absolute atomic E-state index is 10.6. The number of aldehydes is 1. The number of halogens is 1. The highest BCUT2D eigenvalue weighted by Crippen LogP contribution is 2.23. The fraction of sp³-hybridized carbons (Fsp3) is 0.778. The number of piperidine rings is 1. The standard InChI is InChI=1S/C9H14BrNO3/c10-8(6-12)5-7-1-3-11(4-2-7)9(13)14/h6-8H,1-5H2,(H,13,14). The molecule has 0 aliphatic carbocycles. The lowest BCUT2D eigenvalue weighted by Gasteiger charge is -2.30. The maximum atomic E-state index is 10.6. The molecule has 0 aromatic rings. The molecule has 5 heteroatoms. The SMILES string of the molecule is O=CC(Br)CC1CCN(C(=O)O)CC1. The first-order valence-electron chi connectivity index (χ1n) is 4.70. The molecule has 14 heavy (non-hydrogen) atoms. The van der Waals surface area contributed by atoms with Crippen LogP contribution in [0.1, 0.15) is 19.3 Å². The van der Waals surface area contributed by atoms with Crippen molar-refractivity contribution < 1.29 is 14.7 Å². The molecule has 0 aromatic carbocycles. The van der Waals surface area contributed by atoms with Crippen LogP contribution in [-0.4, -0.2) is 40.3 Å². The number of hydrogen-bond acceptors (Lipinski definition) is 2. The van der Waals surface area contributed by atoms with Crippen molar-refractivity contribution in [3.8, 4) is 0 Å². The number of hydrogen-bond donors (Lipinski definition) is 1. The highest BCUT2D eigenvalue weighted by molar-refractivity contribution is 9.09. The van der Waals surface area contributed by atoms with E-state index in [1.165, 1.54) is 4.90 Å². The van der Waals surface area contributed by atoms with E-state index in [1.54, 1.807) is 0 Å². The van der Waals surface area contributed by atoms with E-state index in [0.717, 1.165) is 25.5 Å². The van der Waals surface area contributed by atoms with Crippen LogP contribution in [0, 0.1) is 5.92 Å². The maximum Gasteiger partial charge on any atom is 0.407 e. The fourth-order valence-corrected chi connectivity index (χ4v) is 2.26. The van der Waals surface area contributed by atoms with Crippen molar-refractivity contribution in [3.63, 3.8) is 0 Å². The molecule has 0 aromatic heterocycles. The van der Waals surface area contributed by atoms with Gasteiger partial charge in [0.2, 0.25) is 0 Å². The van der Waals surface area contributed by atoms with E-state index in [1.807, 2.05) is 0 Å². The van der Waals surface area contributed by atoms with Gasteiger partial charge in [-0.1, -0.05) is 15.9 Å². The lowest BCUT2D eigenvalue weighted by Crippen LogP contribution is -2.37. The third-order valence-corrected chi connectivity index (χ3v) is 3.18. The topological polar surface area (TPSA) is 57.6 Å². The Kier molecular flexibility index (Phi) is 4.38. The van der Waals surface area contributed by atoms with Gasteiger partial charge in [0.25, 0.3) is 0 Å². The monoisotopic (exact) mass is 263 g/mol. The molecule has 0 radical (unpaired) electrons. The predicted octanol–water partition coefficient (Wildman–Crippen LogP) is 1.73. The first-order chi connectivity index (χ1) is 6.63. The Morgan fingerprint density at radius 3 is 2.57 bits per heavy atom. The van der Waals surface area contributed by atoms with E-state index >= 15 is 0 Å². The molecular formula is C9H14BrNO3. The lowest BCUT2D eigenvalue weighted by molar-refractivity contribution is -0.107. The van der Waals surface area contributed by atoms with Crippen LogP contribution in [0.5, 0.6) is 0 Å². The quantitative estimate of drug-likeness (QED) is 0.623. The number of alkyl halides is 1. The first kappa shape index (κ1) is 11.5. The average Bonchev–Trinajstić information content (AvgIpc) is 2.18. The van der Waals surface area contributed by atoms with E-state index in [2.05, 4.69) is 15.9 Å². The summed E-state index contributed by atoms with van der Waals surface area (Å²) in [6, 6.07) is 0. The van der Waals surface area contributed by atoms with E-state index in [0.29, 0.717) is 19.0 Å². The number of amides is 1. The third-order valence-electron chi connectivity index (χ3n) is 2.59. The molecule has 80 valence electrons. The van der Waals surface area contributed by atoms with Crippen molar-refractivity contribution in [2.75, 3.05) is 13.1 Å². The molecule has 4 nitrogen and oxygen atoms in total. The van der Waals surface area contributed by atoms with Gasteiger partial charge in [-0.05, 0) is 25.2 Å². The van der Waals surface area contributed by atoms with Crippen LogP contribution in [0.2, 0.25) is 0 Å². The molecule has 0 bridgehead atoms. The Balaban J connectivity index is 2.28. The van der Waals surface area contributed by atoms with Crippen molar-refractivity contribution in [2.45, 2.75) is 24.1 Å². The van der Waals surface area contributed by atoms with Crippen LogP contribution < -0.4 is 0 Å². The van der Waals surface area contributed by atoms with Gasteiger partial charge in [0, 0.05) is 13.1 Å². The minimum Gasteiger partial charge on any atom is -0.465 e. The molecule has 1 amide bonds. The van der Waals surface area contributed by atoms with Gasteiger partial charge in [-0.3, -0.25) is 0 Å². The second kappa shape index (κ2) is 5.34. The molecule has 1 saturated heterocycles. The van der Waals surface area contributed by atoms with Crippen molar-refractivity contribution in [3.05, 3.63) is 0 Å². The van der Waals surface area contributed by atoms with Crippen molar-refractivity contribution in [1.82, 2.24) is 4.90 Å². The van der Waals surface area contributed by atoms with Crippen molar-refractivity contribution in [1.29, 1.82) is 0 Å². The molecule has 1 rings (SSSR count). The number of rotatable bonds is 3. The second-order valence-corrected chi connectivity index (χ2v) is 4.78. The van der Waals surface area contributed by atoms with Gasteiger partial charge >= 0.3 is 6.09 Å². The van der Waals surface area contributed by atoms with Gasteiger partial charge in [0.05, 0.1) is 4.83 Å². The molecule has 1 N–H and O–H groups in total. The summed E-state index contributed by atoms with van der Waals surface area (Å²) in [4.78, 5) is 22.4. The zero-order valence-electron chi connectivity index (χ0n) is 7.86. The number of carbonyl (C=O) groups excluding carboxylic acids is 1. The summed E-state index contributed by atoms with van der Waals surface area (Å²) in [5, 5.41) is 8.71. The largest absolute Gasteiger partial charge is 0.465 e. The molecular weight excluding hydrogens is 250 g/mol. The second-order valence-electron chi connectivity index (χ2n) is 3.60. The van der Waals surface area contributed by atoms with Crippen LogP contribution in [0.25, 0.3) is 0 Å². The number of likely N-dealkylation sites (tertiary alicyclic amines) is 1. The van der Waals surface area contributed by atoms with E-state index in [4.69, 9.17) is 5.11 Å². The third kappa shape index (κ3) is 3.29. The summed E-state index contributed by atoms with van der Waals surface area (Å²) in [7, 11) is 0. The number of carboxylic acid groups (broad SMARTS) is 1. The average molecular weight is 264 g/mol. The zero-order chi connectivity index (χ0) is 10.6. The molecule has 1 aliphatic heterocycles. The molecule has 1 unspecified atom stereocenters. The summed E-state index contributed by atoms with van der Waals surface area (Å²) < 4.78 is 0. The summed E-state index contributed by atoms with van der Waals surface area (Å²) in [6.45, 7) is 1.19. The molecule has 0 spiro atoms. The smallest absolute Gasteiger partial charge is 0.407 e. The molecule has 1 atom stereocenters. The van der Waals surface area contributed by atoms with Gasteiger partial charge in [0.1, 0.15) is 6.29 Å². The van der Waals surface area contributed by atoms with E-state index in [9.17, 15) is 9.59 Å². The lowest BCUT2D eigenvalue weighted by atomic mass is 9.92. The van der Waals surface area contributed by atoms with Crippen molar-refractivity contribution >= 4 is 28.3 Å². The van der Waals surface area contributed by atoms with Gasteiger partial charge in [-0.15, -0.1) is 0 Å². The Morgan fingerprint density at radius 2 is 2.14 bits per heavy atom. The summed E-state index contributed by atoms with van der Waals surface area (Å²) in [6.07, 6.45) is 2.60. The Hall–Kier alpha value is -0.580. The highest BCUT2D eigenvalue weighted by Gasteiger charge is 2.23. The fourth-order valence-electron chi connectivity index (χ4n) is 1.73. The summed E-state index contributed by atoms with van der Waals surface area (Å²) in [5.41, 5.74) is 0. The highest BCUT2D eigenvalue weighted by atomic mass is 79.9. The van der Waals surface area contributed by atoms with Crippen molar-refractivity contribution in [2.24, 2.45) is 5.92 Å². The molecule has 1 fully saturated rings. The normalized spacial score (nSPS) is 20.5. The van der Waals surface area contributed by atoms with E-state index < -0.39 is 6.09 Å². The summed E-state index contributed by atoms with van der Waals surface area (Å²) in [5.74, 6) is 0.472. The first-order valence-corrected chi connectivity index (χ1v) is 5.62. The zero-order valence-corrected chi connectivity index (χ0v) is 9.44. The van der Waals surface area contributed by atoms with Crippen LogP contribution in [-0.2, 0) is 4.79 Å². The van der Waals surface area contributed by atoms with Crippen LogP contribution in [0.4, 0.5) is 4.79 Å².